The van der Waals surface area contributed by atoms with Gasteiger partial charge in [0.2, 0.25) is 15.7 Å². The van der Waals surface area contributed by atoms with Crippen molar-refractivity contribution in [3.05, 3.63) is 41.6 Å². The normalized spacial score (nSPS) is 11.7. The molecular formula is C24H32N6O5S. The van der Waals surface area contributed by atoms with Gasteiger partial charge in [0.15, 0.2) is 0 Å². The van der Waals surface area contributed by atoms with E-state index in [4.69, 9.17) is 5.73 Å². The van der Waals surface area contributed by atoms with Gasteiger partial charge in [0.1, 0.15) is 22.9 Å². The SMILES string of the molecule is CC(C)CN(CC(N)=O)C(=O)c1cc2c(N(C)C)nc(S(C)(=O)=O)nc2n1CCc1ccc(O)cc1. The molecule has 2 aromatic heterocycles. The Bertz CT molecular complexity index is 1380. The lowest BCUT2D eigenvalue weighted by atomic mass is 10.1. The smallest absolute Gasteiger partial charge is 0.271 e. The van der Waals surface area contributed by atoms with Gasteiger partial charge < -0.3 is 25.2 Å². The van der Waals surface area contributed by atoms with Crippen LogP contribution in [0.2, 0.25) is 0 Å². The highest BCUT2D eigenvalue weighted by molar-refractivity contribution is 7.90. The molecule has 0 radical (unpaired) electrons. The number of anilines is 1. The van der Waals surface area contributed by atoms with E-state index >= 15 is 0 Å². The molecule has 3 aromatic rings. The number of sulfone groups is 1. The number of amides is 2. The first-order chi connectivity index (χ1) is 16.8. The third kappa shape index (κ3) is 6.11. The summed E-state index contributed by atoms with van der Waals surface area (Å²) in [6.45, 7) is 4.19. The number of phenolic OH excluding ortho intramolecular Hbond substituents is 1. The molecule has 2 heterocycles. The third-order valence-electron chi connectivity index (χ3n) is 5.47. The highest BCUT2D eigenvalue weighted by atomic mass is 32.2. The lowest BCUT2D eigenvalue weighted by Gasteiger charge is -2.24. The van der Waals surface area contributed by atoms with Gasteiger partial charge in [0, 0.05) is 33.4 Å². The number of nitrogens with zero attached hydrogens (tertiary/aromatic N) is 5. The van der Waals surface area contributed by atoms with Gasteiger partial charge in [-0.05, 0) is 36.1 Å². The van der Waals surface area contributed by atoms with Crippen molar-refractivity contribution in [3.8, 4) is 5.75 Å². The molecule has 3 N–H and O–H groups in total. The maximum atomic E-state index is 13.7. The van der Waals surface area contributed by atoms with Gasteiger partial charge in [-0.25, -0.2) is 13.4 Å². The summed E-state index contributed by atoms with van der Waals surface area (Å²) in [4.78, 5) is 37.1. The van der Waals surface area contributed by atoms with Gasteiger partial charge in [0.25, 0.3) is 11.1 Å². The Balaban J connectivity index is 2.23. The number of hydrogen-bond acceptors (Lipinski definition) is 8. The van der Waals surface area contributed by atoms with Gasteiger partial charge in [0.05, 0.1) is 11.9 Å². The Hall–Kier alpha value is -3.67. The van der Waals surface area contributed by atoms with E-state index in [1.54, 1.807) is 53.9 Å². The number of phenols is 1. The van der Waals surface area contributed by atoms with Crippen molar-refractivity contribution in [2.24, 2.45) is 11.7 Å². The molecule has 36 heavy (non-hydrogen) atoms. The van der Waals surface area contributed by atoms with Crippen LogP contribution in [0, 0.1) is 5.92 Å². The summed E-state index contributed by atoms with van der Waals surface area (Å²) in [5, 5.41) is 9.75. The molecule has 194 valence electrons. The van der Waals surface area contributed by atoms with E-state index in [0.29, 0.717) is 29.8 Å². The minimum atomic E-state index is -3.74. The number of aromatic nitrogens is 3. The fourth-order valence-corrected chi connectivity index (χ4v) is 4.42. The van der Waals surface area contributed by atoms with Crippen LogP contribution in [-0.2, 0) is 27.6 Å². The number of rotatable bonds is 10. The predicted octanol–water partition coefficient (Wildman–Crippen LogP) is 1.43. The lowest BCUT2D eigenvalue weighted by molar-refractivity contribution is -0.118. The third-order valence-corrected chi connectivity index (χ3v) is 6.31. The summed E-state index contributed by atoms with van der Waals surface area (Å²) >= 11 is 0. The Kier molecular flexibility index (Phi) is 7.87. The number of carbonyl (C=O) groups is 2. The van der Waals surface area contributed by atoms with Crippen LogP contribution < -0.4 is 10.6 Å². The van der Waals surface area contributed by atoms with E-state index in [2.05, 4.69) is 9.97 Å². The molecule has 0 atom stereocenters. The number of hydrogen-bond donors (Lipinski definition) is 2. The summed E-state index contributed by atoms with van der Waals surface area (Å²) in [5.74, 6) is -0.487. The van der Waals surface area contributed by atoms with Crippen LogP contribution in [-0.4, -0.2) is 78.2 Å². The molecule has 0 aliphatic rings. The number of fused-ring (bicyclic) bond motifs is 1. The van der Waals surface area contributed by atoms with Crippen LogP contribution in [0.3, 0.4) is 0 Å². The fraction of sp³-hybridized carbons (Fsp3) is 0.417. The van der Waals surface area contributed by atoms with E-state index in [1.807, 2.05) is 13.8 Å². The Labute approximate surface area is 210 Å². The Morgan fingerprint density at radius 1 is 1.14 bits per heavy atom. The van der Waals surface area contributed by atoms with Crippen LogP contribution in [0.1, 0.15) is 29.9 Å². The standard InChI is InChI=1S/C24H32N6O5S/c1-15(2)13-29(14-20(25)32)23(33)19-12-18-21(28(3)4)26-24(36(5,34)35)27-22(18)30(19)11-10-16-6-8-17(31)9-7-16/h6-9,12,15,31H,10-11,13-14H2,1-5H3,(H2,25,32). The number of aryl methyl sites for hydroxylation is 2. The van der Waals surface area contributed by atoms with Crippen molar-refractivity contribution in [1.29, 1.82) is 0 Å². The minimum Gasteiger partial charge on any atom is -0.508 e. The first-order valence-corrected chi connectivity index (χ1v) is 13.3. The summed E-state index contributed by atoms with van der Waals surface area (Å²) in [6.07, 6.45) is 1.50. The van der Waals surface area contributed by atoms with Crippen LogP contribution in [0.4, 0.5) is 5.82 Å². The van der Waals surface area contributed by atoms with E-state index in [0.717, 1.165) is 11.8 Å². The number of primary amides is 1. The number of nitrogens with two attached hydrogens (primary N) is 1. The molecular weight excluding hydrogens is 484 g/mol. The molecule has 2 amide bonds. The second kappa shape index (κ2) is 10.5. The monoisotopic (exact) mass is 516 g/mol. The molecule has 0 fully saturated rings. The Morgan fingerprint density at radius 2 is 1.78 bits per heavy atom. The molecule has 0 aliphatic heterocycles. The van der Waals surface area contributed by atoms with Crippen LogP contribution >= 0.6 is 0 Å². The van der Waals surface area contributed by atoms with E-state index in [9.17, 15) is 23.1 Å². The fourth-order valence-electron chi connectivity index (χ4n) is 3.91. The molecule has 12 heteroatoms. The first-order valence-electron chi connectivity index (χ1n) is 11.4. The second-order valence-electron chi connectivity index (χ2n) is 9.38. The molecule has 0 aliphatic carbocycles. The van der Waals surface area contributed by atoms with Gasteiger partial charge in [-0.2, -0.15) is 4.98 Å². The highest BCUT2D eigenvalue weighted by Gasteiger charge is 2.27. The van der Waals surface area contributed by atoms with Crippen LogP contribution in [0.15, 0.2) is 35.5 Å². The molecule has 0 unspecified atom stereocenters. The number of aromatic hydroxyl groups is 1. The van der Waals surface area contributed by atoms with Crippen LogP contribution in [0.25, 0.3) is 11.0 Å². The summed E-state index contributed by atoms with van der Waals surface area (Å²) in [6, 6.07) is 8.30. The van der Waals surface area contributed by atoms with Gasteiger partial charge >= 0.3 is 0 Å². The van der Waals surface area contributed by atoms with Gasteiger partial charge in [-0.1, -0.05) is 26.0 Å². The second-order valence-corrected chi connectivity index (χ2v) is 11.3. The van der Waals surface area contributed by atoms with E-state index in [1.165, 1.54) is 4.90 Å². The van der Waals surface area contributed by atoms with Crippen molar-refractivity contribution >= 4 is 38.5 Å². The number of benzene rings is 1. The topological polar surface area (TPSA) is 152 Å². The average molecular weight is 517 g/mol. The minimum absolute atomic E-state index is 0.0806. The molecule has 0 saturated heterocycles. The zero-order chi connectivity index (χ0) is 26.8. The largest absolute Gasteiger partial charge is 0.508 e. The maximum absolute atomic E-state index is 13.7. The first kappa shape index (κ1) is 26.9. The zero-order valence-electron chi connectivity index (χ0n) is 21.1. The Morgan fingerprint density at radius 3 is 2.31 bits per heavy atom. The predicted molar refractivity (Wildman–Crippen MR) is 137 cm³/mol. The maximum Gasteiger partial charge on any atom is 0.271 e. The molecule has 1 aromatic carbocycles. The van der Waals surface area contributed by atoms with Gasteiger partial charge in [-0.15, -0.1) is 0 Å². The van der Waals surface area contributed by atoms with E-state index in [-0.39, 0.29) is 35.6 Å². The number of carbonyl (C=O) groups excluding carboxylic acids is 2. The molecule has 0 spiro atoms. The van der Waals surface area contributed by atoms with Crippen molar-refractivity contribution in [3.63, 3.8) is 0 Å². The zero-order valence-corrected chi connectivity index (χ0v) is 21.9. The van der Waals surface area contributed by atoms with Crippen molar-refractivity contribution in [2.75, 3.05) is 38.3 Å². The van der Waals surface area contributed by atoms with Gasteiger partial charge in [-0.3, -0.25) is 9.59 Å². The van der Waals surface area contributed by atoms with Crippen molar-refractivity contribution in [1.82, 2.24) is 19.4 Å². The molecule has 0 bridgehead atoms. The quantitative estimate of drug-likeness (QED) is 0.384. The van der Waals surface area contributed by atoms with E-state index < -0.39 is 21.7 Å². The molecule has 3 rings (SSSR count). The van der Waals surface area contributed by atoms with Crippen molar-refractivity contribution < 1.29 is 23.1 Å². The van der Waals surface area contributed by atoms with Crippen LogP contribution in [0.5, 0.6) is 5.75 Å². The lowest BCUT2D eigenvalue weighted by Crippen LogP contribution is -2.41. The average Bonchev–Trinajstić information content (AvgIpc) is 3.14. The highest BCUT2D eigenvalue weighted by Crippen LogP contribution is 2.29. The molecule has 0 saturated carbocycles. The summed E-state index contributed by atoms with van der Waals surface area (Å²) in [7, 11) is -0.298. The molecule has 11 nitrogen and oxygen atoms in total. The summed E-state index contributed by atoms with van der Waals surface area (Å²) < 4.78 is 26.4. The van der Waals surface area contributed by atoms with Crippen molar-refractivity contribution in [2.45, 2.75) is 32.0 Å². The summed E-state index contributed by atoms with van der Waals surface area (Å²) in [5.41, 5.74) is 6.85.